The molecule has 2 unspecified atom stereocenters. The predicted octanol–water partition coefficient (Wildman–Crippen LogP) is 2.37. The second-order valence-electron chi connectivity index (χ2n) is 6.43. The van der Waals surface area contributed by atoms with E-state index in [9.17, 15) is 18.7 Å². The predicted molar refractivity (Wildman–Crippen MR) is 87.4 cm³/mol. The summed E-state index contributed by atoms with van der Waals surface area (Å²) in [6, 6.07) is 2.45. The van der Waals surface area contributed by atoms with Gasteiger partial charge in [0.1, 0.15) is 5.75 Å². The van der Waals surface area contributed by atoms with Crippen LogP contribution in [0.5, 0.6) is 17.2 Å². The summed E-state index contributed by atoms with van der Waals surface area (Å²) in [5.41, 5.74) is 0.363. The highest BCUT2D eigenvalue weighted by Gasteiger charge is 2.23. The number of aliphatic hydroxyl groups is 1. The molecule has 1 saturated carbocycles. The Labute approximate surface area is 149 Å². The number of nitrogens with one attached hydrogen (secondary N) is 2. The van der Waals surface area contributed by atoms with Gasteiger partial charge in [0.05, 0.1) is 0 Å². The number of ether oxygens (including phenoxy) is 3. The minimum Gasteiger partial charge on any atom is -0.454 e. The van der Waals surface area contributed by atoms with Crippen LogP contribution in [0.4, 0.5) is 13.6 Å². The second kappa shape index (κ2) is 8.39. The topological polar surface area (TPSA) is 89.1 Å². The fourth-order valence-corrected chi connectivity index (χ4v) is 3.31. The molecule has 3 N–H and O–H groups in total. The molecule has 0 saturated heterocycles. The first-order valence-electron chi connectivity index (χ1n) is 8.57. The summed E-state index contributed by atoms with van der Waals surface area (Å²) in [5.74, 6) is 0.879. The molecule has 1 aromatic carbocycles. The maximum Gasteiger partial charge on any atom is 0.387 e. The number of carbonyl (C=O) groups is 1. The van der Waals surface area contributed by atoms with E-state index in [0.717, 1.165) is 25.7 Å². The number of amides is 2. The quantitative estimate of drug-likeness (QED) is 0.713. The van der Waals surface area contributed by atoms with Gasteiger partial charge in [-0.15, -0.1) is 0 Å². The molecule has 2 amide bonds. The lowest BCUT2D eigenvalue weighted by molar-refractivity contribution is -0.0505. The molecule has 7 nitrogen and oxygen atoms in total. The van der Waals surface area contributed by atoms with Gasteiger partial charge in [-0.1, -0.05) is 6.42 Å². The SMILES string of the molecule is O=C(NCc1cc2c(cc1OC(F)F)OCO2)NC1CCCC(CO)C1. The van der Waals surface area contributed by atoms with Crippen LogP contribution in [-0.2, 0) is 6.54 Å². The normalized spacial score (nSPS) is 21.5. The summed E-state index contributed by atoms with van der Waals surface area (Å²) >= 11 is 0. The molecule has 1 aliphatic carbocycles. The second-order valence-corrected chi connectivity index (χ2v) is 6.43. The average molecular weight is 372 g/mol. The van der Waals surface area contributed by atoms with E-state index >= 15 is 0 Å². The molecule has 0 bridgehead atoms. The molecule has 1 fully saturated rings. The molecule has 9 heteroatoms. The molecule has 2 aliphatic rings. The van der Waals surface area contributed by atoms with Crippen molar-refractivity contribution >= 4 is 6.03 Å². The summed E-state index contributed by atoms with van der Waals surface area (Å²) in [7, 11) is 0. The van der Waals surface area contributed by atoms with Gasteiger partial charge in [0.25, 0.3) is 0 Å². The van der Waals surface area contributed by atoms with Crippen molar-refractivity contribution in [3.8, 4) is 17.2 Å². The van der Waals surface area contributed by atoms with E-state index in [4.69, 9.17) is 9.47 Å². The van der Waals surface area contributed by atoms with Crippen molar-refractivity contribution in [3.63, 3.8) is 0 Å². The van der Waals surface area contributed by atoms with E-state index in [-0.39, 0.29) is 37.7 Å². The molecule has 144 valence electrons. The Morgan fingerprint density at radius 3 is 2.81 bits per heavy atom. The zero-order valence-electron chi connectivity index (χ0n) is 14.2. The van der Waals surface area contributed by atoms with Crippen LogP contribution in [0, 0.1) is 5.92 Å². The van der Waals surface area contributed by atoms with Crippen LogP contribution < -0.4 is 24.8 Å². The summed E-state index contributed by atoms with van der Waals surface area (Å²) in [5, 5.41) is 14.8. The van der Waals surface area contributed by atoms with Crippen molar-refractivity contribution in [2.45, 2.75) is 44.9 Å². The number of fused-ring (bicyclic) bond motifs is 1. The van der Waals surface area contributed by atoms with Gasteiger partial charge in [0.15, 0.2) is 11.5 Å². The van der Waals surface area contributed by atoms with Crippen LogP contribution in [0.15, 0.2) is 12.1 Å². The molecule has 26 heavy (non-hydrogen) atoms. The van der Waals surface area contributed by atoms with Gasteiger partial charge < -0.3 is 30.0 Å². The summed E-state index contributed by atoms with van der Waals surface area (Å²) in [6.07, 6.45) is 3.49. The van der Waals surface area contributed by atoms with Crippen LogP contribution in [-0.4, -0.2) is 37.2 Å². The van der Waals surface area contributed by atoms with Crippen molar-refractivity contribution in [2.75, 3.05) is 13.4 Å². The van der Waals surface area contributed by atoms with Gasteiger partial charge in [-0.3, -0.25) is 0 Å². The van der Waals surface area contributed by atoms with E-state index in [1.807, 2.05) is 0 Å². The molecule has 2 atom stereocenters. The average Bonchev–Trinajstić information content (AvgIpc) is 3.06. The van der Waals surface area contributed by atoms with E-state index in [1.165, 1.54) is 12.1 Å². The molecule has 1 aliphatic heterocycles. The van der Waals surface area contributed by atoms with Crippen molar-refractivity contribution in [2.24, 2.45) is 5.92 Å². The number of urea groups is 1. The minimum absolute atomic E-state index is 0.000670. The zero-order chi connectivity index (χ0) is 18.5. The molecule has 1 heterocycles. The molecule has 0 spiro atoms. The zero-order valence-corrected chi connectivity index (χ0v) is 14.2. The van der Waals surface area contributed by atoms with Gasteiger partial charge >= 0.3 is 12.6 Å². The van der Waals surface area contributed by atoms with Crippen LogP contribution in [0.25, 0.3) is 0 Å². The van der Waals surface area contributed by atoms with Crippen molar-refractivity contribution in [1.29, 1.82) is 0 Å². The number of carbonyl (C=O) groups excluding carboxylic acids is 1. The lowest BCUT2D eigenvalue weighted by Gasteiger charge is -2.28. The number of aliphatic hydroxyl groups excluding tert-OH is 1. The van der Waals surface area contributed by atoms with Crippen LogP contribution in [0.1, 0.15) is 31.2 Å². The Kier molecular flexibility index (Phi) is 5.97. The van der Waals surface area contributed by atoms with Gasteiger partial charge in [-0.2, -0.15) is 8.78 Å². The summed E-state index contributed by atoms with van der Waals surface area (Å²) in [4.78, 5) is 12.1. The van der Waals surface area contributed by atoms with Gasteiger partial charge in [0.2, 0.25) is 6.79 Å². The summed E-state index contributed by atoms with van der Waals surface area (Å²) in [6.45, 7) is -2.86. The Hall–Kier alpha value is -2.29. The third-order valence-corrected chi connectivity index (χ3v) is 4.59. The largest absolute Gasteiger partial charge is 0.454 e. The Balaban J connectivity index is 1.59. The van der Waals surface area contributed by atoms with E-state index in [0.29, 0.717) is 17.1 Å². The highest BCUT2D eigenvalue weighted by Crippen LogP contribution is 2.38. The van der Waals surface area contributed by atoms with Crippen molar-refractivity contribution in [1.82, 2.24) is 10.6 Å². The molecule has 3 rings (SSSR count). The minimum atomic E-state index is -2.99. The lowest BCUT2D eigenvalue weighted by Crippen LogP contribution is -2.44. The maximum atomic E-state index is 12.6. The fourth-order valence-electron chi connectivity index (χ4n) is 3.31. The van der Waals surface area contributed by atoms with Crippen LogP contribution in [0.2, 0.25) is 0 Å². The Morgan fingerprint density at radius 2 is 2.08 bits per heavy atom. The Morgan fingerprint density at radius 1 is 1.31 bits per heavy atom. The standard InChI is InChI=1S/C17H22F2N2O5/c18-16(19)26-13-6-15-14(24-9-25-15)5-11(13)7-20-17(23)21-12-3-1-2-10(4-12)8-22/h5-6,10,12,16,22H,1-4,7-9H2,(H2,20,21,23). The van der Waals surface area contributed by atoms with Crippen molar-refractivity contribution < 1.29 is 32.9 Å². The molecular formula is C17H22F2N2O5. The first-order chi connectivity index (χ1) is 12.5. The lowest BCUT2D eigenvalue weighted by atomic mass is 9.86. The van der Waals surface area contributed by atoms with E-state index in [1.54, 1.807) is 0 Å². The number of hydrogen-bond donors (Lipinski definition) is 3. The molecule has 0 aromatic heterocycles. The summed E-state index contributed by atoms with van der Waals surface area (Å²) < 4.78 is 40.1. The number of hydrogen-bond acceptors (Lipinski definition) is 5. The third kappa shape index (κ3) is 4.66. The molecular weight excluding hydrogens is 350 g/mol. The Bertz CT molecular complexity index is 644. The fraction of sp³-hybridized carbons (Fsp3) is 0.588. The van der Waals surface area contributed by atoms with Crippen LogP contribution >= 0.6 is 0 Å². The van der Waals surface area contributed by atoms with Gasteiger partial charge in [0, 0.05) is 30.8 Å². The third-order valence-electron chi connectivity index (χ3n) is 4.59. The number of halogens is 2. The van der Waals surface area contributed by atoms with Gasteiger partial charge in [-0.25, -0.2) is 4.79 Å². The molecule has 1 aromatic rings. The number of alkyl halides is 2. The number of benzene rings is 1. The van der Waals surface area contributed by atoms with Crippen molar-refractivity contribution in [3.05, 3.63) is 17.7 Å². The van der Waals surface area contributed by atoms with E-state index < -0.39 is 12.6 Å². The molecule has 0 radical (unpaired) electrons. The highest BCUT2D eigenvalue weighted by molar-refractivity contribution is 5.74. The highest BCUT2D eigenvalue weighted by atomic mass is 19.3. The first kappa shape index (κ1) is 18.5. The maximum absolute atomic E-state index is 12.6. The number of rotatable bonds is 6. The van der Waals surface area contributed by atoms with Crippen LogP contribution in [0.3, 0.4) is 0 Å². The monoisotopic (exact) mass is 372 g/mol. The first-order valence-corrected chi connectivity index (χ1v) is 8.57. The smallest absolute Gasteiger partial charge is 0.387 e. The van der Waals surface area contributed by atoms with E-state index in [2.05, 4.69) is 15.4 Å². The van der Waals surface area contributed by atoms with Gasteiger partial charge in [-0.05, 0) is 31.2 Å².